The quantitative estimate of drug-likeness (QED) is 0.209. The Hall–Kier alpha value is -4.81. The number of amidine groups is 1. The summed E-state index contributed by atoms with van der Waals surface area (Å²) in [7, 11) is 1.36. The lowest BCUT2D eigenvalue weighted by Crippen LogP contribution is -2.18. The van der Waals surface area contributed by atoms with Crippen LogP contribution < -0.4 is 26.2 Å². The van der Waals surface area contributed by atoms with Crippen LogP contribution in [0.3, 0.4) is 0 Å². The number of alkyl halides is 1. The van der Waals surface area contributed by atoms with Crippen molar-refractivity contribution < 1.29 is 18.3 Å². The largest absolute Gasteiger partial charge is 0.497 e. The number of ether oxygens (including phenoxy) is 2. The number of nitrogens with two attached hydrogens (primary N) is 1. The minimum Gasteiger partial charge on any atom is -0.497 e. The Labute approximate surface area is 197 Å². The maximum atomic E-state index is 15.4. The van der Waals surface area contributed by atoms with Crippen molar-refractivity contribution >= 4 is 11.5 Å². The van der Waals surface area contributed by atoms with Crippen LogP contribution in [0.15, 0.2) is 59.7 Å². The zero-order valence-corrected chi connectivity index (χ0v) is 18.3. The molecular weight excluding hydrogens is 462 g/mol. The molecule has 2 aromatic carbocycles. The monoisotopic (exact) mass is 482 g/mol. The number of methoxy groups -OCH3 is 1. The smallest absolute Gasteiger partial charge is 0.350 e. The van der Waals surface area contributed by atoms with Gasteiger partial charge in [-0.05, 0) is 36.4 Å². The molecule has 0 bridgehead atoms. The fourth-order valence-electron chi connectivity index (χ4n) is 3.30. The van der Waals surface area contributed by atoms with Crippen molar-refractivity contribution in [2.24, 2.45) is 5.73 Å². The average molecular weight is 482 g/mol. The van der Waals surface area contributed by atoms with Crippen molar-refractivity contribution in [2.75, 3.05) is 19.3 Å². The third-order valence-electron chi connectivity index (χ3n) is 4.95. The molecule has 0 saturated heterocycles. The van der Waals surface area contributed by atoms with Crippen molar-refractivity contribution in [3.05, 3.63) is 88.1 Å². The Morgan fingerprint density at radius 2 is 1.97 bits per heavy atom. The molecule has 5 N–H and O–H groups in total. The van der Waals surface area contributed by atoms with Crippen LogP contribution in [-0.4, -0.2) is 44.5 Å². The first-order chi connectivity index (χ1) is 16.9. The van der Waals surface area contributed by atoms with Crippen LogP contribution in [0.5, 0.6) is 11.5 Å². The fourth-order valence-corrected chi connectivity index (χ4v) is 3.30. The molecule has 0 spiro atoms. The van der Waals surface area contributed by atoms with Gasteiger partial charge in [0.2, 0.25) is 6.86 Å². The van der Waals surface area contributed by atoms with E-state index in [1.54, 1.807) is 30.3 Å². The number of H-pyrrole nitrogens is 1. The van der Waals surface area contributed by atoms with E-state index in [9.17, 15) is 9.18 Å². The van der Waals surface area contributed by atoms with Gasteiger partial charge in [-0.1, -0.05) is 0 Å². The summed E-state index contributed by atoms with van der Waals surface area (Å²) in [5.74, 6) is -1.17. The van der Waals surface area contributed by atoms with E-state index in [0.717, 1.165) is 4.68 Å². The molecule has 35 heavy (non-hydrogen) atoms. The predicted molar refractivity (Wildman–Crippen MR) is 122 cm³/mol. The summed E-state index contributed by atoms with van der Waals surface area (Å²) in [6.07, 6.45) is 2.88. The molecule has 1 atom stereocenters. The van der Waals surface area contributed by atoms with E-state index in [0.29, 0.717) is 11.3 Å². The number of rotatable bonds is 9. The molecule has 2 aromatic heterocycles. The van der Waals surface area contributed by atoms with Crippen LogP contribution >= 0.6 is 0 Å². The zero-order chi connectivity index (χ0) is 24.9. The van der Waals surface area contributed by atoms with Crippen LogP contribution in [0.1, 0.15) is 23.0 Å². The Morgan fingerprint density at radius 3 is 2.60 bits per heavy atom. The van der Waals surface area contributed by atoms with Gasteiger partial charge < -0.3 is 20.5 Å². The molecule has 0 aliphatic rings. The van der Waals surface area contributed by atoms with E-state index in [2.05, 4.69) is 25.4 Å². The third-order valence-corrected chi connectivity index (χ3v) is 4.95. The van der Waals surface area contributed by atoms with Gasteiger partial charge in [-0.3, -0.25) is 10.4 Å². The summed E-state index contributed by atoms with van der Waals surface area (Å²) in [5.41, 5.74) is 5.78. The lowest BCUT2D eigenvalue weighted by molar-refractivity contribution is 0.183. The van der Waals surface area contributed by atoms with Gasteiger partial charge in [0.1, 0.15) is 17.6 Å². The molecule has 0 fully saturated rings. The van der Waals surface area contributed by atoms with Gasteiger partial charge in [0.05, 0.1) is 7.11 Å². The van der Waals surface area contributed by atoms with Gasteiger partial charge >= 0.3 is 5.69 Å². The second-order valence-electron chi connectivity index (χ2n) is 7.13. The Morgan fingerprint density at radius 1 is 1.26 bits per heavy atom. The Bertz CT molecular complexity index is 1390. The normalized spacial score (nSPS) is 11.6. The molecule has 2 heterocycles. The van der Waals surface area contributed by atoms with Crippen LogP contribution in [0.4, 0.5) is 14.5 Å². The van der Waals surface area contributed by atoms with Crippen molar-refractivity contribution in [1.82, 2.24) is 24.7 Å². The van der Waals surface area contributed by atoms with E-state index in [4.69, 9.17) is 20.6 Å². The van der Waals surface area contributed by atoms with Gasteiger partial charge in [0.25, 0.3) is 5.95 Å². The molecule has 0 aliphatic carbocycles. The highest BCUT2D eigenvalue weighted by molar-refractivity contribution is 5.95. The molecule has 0 saturated carbocycles. The maximum Gasteiger partial charge on any atom is 0.350 e. The van der Waals surface area contributed by atoms with E-state index in [1.165, 1.54) is 31.6 Å². The number of hydrogen-bond donors (Lipinski definition) is 4. The number of halogens is 2. The van der Waals surface area contributed by atoms with E-state index in [-0.39, 0.29) is 34.7 Å². The number of hydrogen-bond acceptors (Lipinski definition) is 8. The maximum absolute atomic E-state index is 15.4. The van der Waals surface area contributed by atoms with Gasteiger partial charge in [0.15, 0.2) is 17.4 Å². The number of nitrogen functional groups attached to an aromatic ring is 1. The molecule has 1 unspecified atom stereocenters. The SMILES string of the molecule is COc1cc(OCF)c(F)c(C(Nc2ccc(C(=N)N)cc2)c2nn(-c3ncccn3)c(=O)[nH]2)c1. The van der Waals surface area contributed by atoms with Gasteiger partial charge in [-0.15, -0.1) is 9.78 Å². The molecule has 13 heteroatoms. The number of aromatic amines is 1. The second-order valence-corrected chi connectivity index (χ2v) is 7.13. The van der Waals surface area contributed by atoms with Crippen LogP contribution in [0, 0.1) is 11.2 Å². The van der Waals surface area contributed by atoms with Crippen LogP contribution in [0.25, 0.3) is 5.95 Å². The molecule has 4 aromatic rings. The lowest BCUT2D eigenvalue weighted by Gasteiger charge is -2.21. The van der Waals surface area contributed by atoms with E-state index in [1.807, 2.05) is 0 Å². The molecule has 0 radical (unpaired) electrons. The predicted octanol–water partition coefficient (Wildman–Crippen LogP) is 2.29. The second kappa shape index (κ2) is 9.99. The van der Waals surface area contributed by atoms with Crippen LogP contribution in [0.2, 0.25) is 0 Å². The Kier molecular flexibility index (Phi) is 6.66. The summed E-state index contributed by atoms with van der Waals surface area (Å²) in [5, 5.41) is 14.9. The first kappa shape index (κ1) is 23.4. The van der Waals surface area contributed by atoms with Crippen LogP contribution in [-0.2, 0) is 0 Å². The zero-order valence-electron chi connectivity index (χ0n) is 18.3. The van der Waals surface area contributed by atoms with E-state index >= 15 is 4.39 Å². The molecule has 180 valence electrons. The Balaban J connectivity index is 1.85. The summed E-state index contributed by atoms with van der Waals surface area (Å²) < 4.78 is 39.3. The first-order valence-corrected chi connectivity index (χ1v) is 10.1. The van der Waals surface area contributed by atoms with Crippen molar-refractivity contribution in [3.8, 4) is 17.4 Å². The highest BCUT2D eigenvalue weighted by Crippen LogP contribution is 2.35. The number of nitrogens with one attached hydrogen (secondary N) is 3. The topological polar surface area (TPSA) is 157 Å². The molecule has 11 nitrogen and oxygen atoms in total. The molecule has 4 rings (SSSR count). The summed E-state index contributed by atoms with van der Waals surface area (Å²) in [4.78, 5) is 23.2. The van der Waals surface area contributed by atoms with Gasteiger partial charge in [-0.25, -0.2) is 23.5 Å². The highest BCUT2D eigenvalue weighted by atomic mass is 19.1. The fraction of sp³-hybridized carbons (Fsp3) is 0.136. The molecule has 0 aliphatic heterocycles. The number of anilines is 1. The summed E-state index contributed by atoms with van der Waals surface area (Å²) in [6, 6.07) is 9.50. The number of aromatic nitrogens is 5. The van der Waals surface area contributed by atoms with Crippen molar-refractivity contribution in [1.29, 1.82) is 5.41 Å². The van der Waals surface area contributed by atoms with Crippen molar-refractivity contribution in [2.45, 2.75) is 6.04 Å². The van der Waals surface area contributed by atoms with Gasteiger partial charge in [-0.2, -0.15) is 0 Å². The number of benzene rings is 2. The first-order valence-electron chi connectivity index (χ1n) is 10.1. The minimum atomic E-state index is -1.26. The van der Waals surface area contributed by atoms with E-state index < -0.39 is 24.4 Å². The summed E-state index contributed by atoms with van der Waals surface area (Å²) in [6.45, 7) is -1.26. The van der Waals surface area contributed by atoms with Crippen molar-refractivity contribution in [3.63, 3.8) is 0 Å². The molecular formula is C22H20F2N8O3. The van der Waals surface area contributed by atoms with Gasteiger partial charge in [0, 0.05) is 35.3 Å². The lowest BCUT2D eigenvalue weighted by atomic mass is 10.0. The molecule has 0 amide bonds. The minimum absolute atomic E-state index is 0.0106. The number of nitrogens with zero attached hydrogens (tertiary/aromatic N) is 4. The standard InChI is InChI=1S/C22H20F2N8O3/c1-34-14-9-15(17(24)16(10-14)35-11-23)18(29-13-5-3-12(4-6-13)19(25)26)20-30-22(33)32(31-20)21-27-7-2-8-28-21/h2-10,18,29H,11H2,1H3,(H3,25,26)(H,30,31,33). The third kappa shape index (κ3) is 4.93. The summed E-state index contributed by atoms with van der Waals surface area (Å²) >= 11 is 0. The highest BCUT2D eigenvalue weighted by Gasteiger charge is 2.27. The average Bonchev–Trinajstić information content (AvgIpc) is 3.26.